The van der Waals surface area contributed by atoms with Gasteiger partial charge in [0.1, 0.15) is 0 Å². The van der Waals surface area contributed by atoms with Gasteiger partial charge in [-0.3, -0.25) is 0 Å². The van der Waals surface area contributed by atoms with E-state index in [-0.39, 0.29) is 0 Å². The highest BCUT2D eigenvalue weighted by Gasteiger charge is 2.22. The van der Waals surface area contributed by atoms with Crippen molar-refractivity contribution in [3.8, 4) is 39.1 Å². The molecule has 0 bridgehead atoms. The van der Waals surface area contributed by atoms with Gasteiger partial charge in [-0.2, -0.15) is 0 Å². The predicted molar refractivity (Wildman–Crippen MR) is 212 cm³/mol. The summed E-state index contributed by atoms with van der Waals surface area (Å²) in [6, 6.07) is 74.1. The number of rotatable bonds is 7. The van der Waals surface area contributed by atoms with Gasteiger partial charge in [-0.1, -0.05) is 152 Å². The van der Waals surface area contributed by atoms with E-state index in [1.54, 1.807) is 0 Å². The monoisotopic (exact) mass is 638 g/mol. The standard InChI is InChI=1S/C48H34N2/c1-5-17-35(18-6-1)37-21-15-22-38(33-37)48-42(36-19-7-2-8-20-36)28-16-30-46(48)49(39-23-9-3-10-24-39)41-31-32-44-43-27-13-14-29-45(43)50(47(44)34-41)40-25-11-4-12-26-40/h1-34H. The Labute approximate surface area is 292 Å². The Bertz CT molecular complexity index is 2570. The summed E-state index contributed by atoms with van der Waals surface area (Å²) in [5.74, 6) is 0. The van der Waals surface area contributed by atoms with Crippen LogP contribution in [0.2, 0.25) is 0 Å². The van der Waals surface area contributed by atoms with Crippen LogP contribution in [0.1, 0.15) is 0 Å². The van der Waals surface area contributed by atoms with E-state index in [2.05, 4.69) is 216 Å². The first kappa shape index (κ1) is 29.5. The molecule has 0 saturated heterocycles. The highest BCUT2D eigenvalue weighted by Crippen LogP contribution is 2.47. The molecule has 2 heteroatoms. The van der Waals surface area contributed by atoms with Gasteiger partial charge in [0, 0.05) is 33.4 Å². The number of anilines is 3. The van der Waals surface area contributed by atoms with Gasteiger partial charge in [-0.05, 0) is 82.4 Å². The van der Waals surface area contributed by atoms with Gasteiger partial charge in [0.2, 0.25) is 0 Å². The zero-order valence-corrected chi connectivity index (χ0v) is 27.5. The van der Waals surface area contributed by atoms with Crippen molar-refractivity contribution in [3.63, 3.8) is 0 Å². The molecular weight excluding hydrogens is 605 g/mol. The fourth-order valence-electron chi connectivity index (χ4n) is 7.33. The molecule has 0 radical (unpaired) electrons. The van der Waals surface area contributed by atoms with E-state index < -0.39 is 0 Å². The zero-order valence-electron chi connectivity index (χ0n) is 27.5. The Morgan fingerprint density at radius 2 is 0.920 bits per heavy atom. The first-order chi connectivity index (χ1) is 24.8. The van der Waals surface area contributed by atoms with Crippen LogP contribution in [-0.2, 0) is 0 Å². The van der Waals surface area contributed by atoms with Gasteiger partial charge in [0.25, 0.3) is 0 Å². The van der Waals surface area contributed by atoms with Gasteiger partial charge in [-0.15, -0.1) is 0 Å². The number of benzene rings is 8. The topological polar surface area (TPSA) is 8.17 Å². The molecule has 0 fully saturated rings. The Kier molecular flexibility index (Phi) is 7.53. The second-order valence-corrected chi connectivity index (χ2v) is 12.6. The molecule has 2 nitrogen and oxygen atoms in total. The minimum absolute atomic E-state index is 1.09. The number of hydrogen-bond donors (Lipinski definition) is 0. The van der Waals surface area contributed by atoms with E-state index in [4.69, 9.17) is 0 Å². The second kappa shape index (κ2) is 12.8. The minimum atomic E-state index is 1.09. The molecule has 0 saturated carbocycles. The summed E-state index contributed by atoms with van der Waals surface area (Å²) in [7, 11) is 0. The van der Waals surface area contributed by atoms with Gasteiger partial charge < -0.3 is 9.47 Å². The summed E-state index contributed by atoms with van der Waals surface area (Å²) >= 11 is 0. The highest BCUT2D eigenvalue weighted by atomic mass is 15.1. The summed E-state index contributed by atoms with van der Waals surface area (Å²) in [6.07, 6.45) is 0. The minimum Gasteiger partial charge on any atom is -0.310 e. The third kappa shape index (κ3) is 5.24. The van der Waals surface area contributed by atoms with E-state index in [0.29, 0.717) is 0 Å². The molecule has 0 N–H and O–H groups in total. The highest BCUT2D eigenvalue weighted by molar-refractivity contribution is 6.10. The quantitative estimate of drug-likeness (QED) is 0.169. The number of nitrogens with zero attached hydrogens (tertiary/aromatic N) is 2. The van der Waals surface area contributed by atoms with Crippen LogP contribution in [0.3, 0.4) is 0 Å². The third-order valence-electron chi connectivity index (χ3n) is 9.57. The lowest BCUT2D eigenvalue weighted by atomic mass is 9.90. The van der Waals surface area contributed by atoms with Crippen molar-refractivity contribution in [2.24, 2.45) is 0 Å². The fourth-order valence-corrected chi connectivity index (χ4v) is 7.33. The van der Waals surface area contributed by atoms with Crippen LogP contribution in [0, 0.1) is 0 Å². The molecule has 1 heterocycles. The number of para-hydroxylation sites is 3. The molecule has 8 aromatic carbocycles. The second-order valence-electron chi connectivity index (χ2n) is 12.6. The van der Waals surface area contributed by atoms with Crippen molar-refractivity contribution in [2.45, 2.75) is 0 Å². The summed E-state index contributed by atoms with van der Waals surface area (Å²) in [5, 5.41) is 2.48. The van der Waals surface area contributed by atoms with Crippen LogP contribution in [0.15, 0.2) is 206 Å². The lowest BCUT2D eigenvalue weighted by Crippen LogP contribution is -2.12. The first-order valence-electron chi connectivity index (χ1n) is 17.1. The number of fused-ring (bicyclic) bond motifs is 3. The van der Waals surface area contributed by atoms with Crippen LogP contribution < -0.4 is 4.90 Å². The largest absolute Gasteiger partial charge is 0.310 e. The summed E-state index contributed by atoms with van der Waals surface area (Å²) in [6.45, 7) is 0. The van der Waals surface area contributed by atoms with E-state index in [0.717, 1.165) is 22.7 Å². The van der Waals surface area contributed by atoms with E-state index >= 15 is 0 Å². The third-order valence-corrected chi connectivity index (χ3v) is 9.57. The van der Waals surface area contributed by atoms with Crippen LogP contribution in [0.25, 0.3) is 60.9 Å². The van der Waals surface area contributed by atoms with Crippen molar-refractivity contribution in [1.29, 1.82) is 0 Å². The molecule has 0 aliphatic heterocycles. The van der Waals surface area contributed by atoms with Crippen LogP contribution in [0.4, 0.5) is 17.1 Å². The molecule has 50 heavy (non-hydrogen) atoms. The molecule has 9 aromatic rings. The van der Waals surface area contributed by atoms with Gasteiger partial charge >= 0.3 is 0 Å². The molecule has 236 valence electrons. The average Bonchev–Trinajstić information content (AvgIpc) is 3.53. The van der Waals surface area contributed by atoms with Crippen LogP contribution in [0.5, 0.6) is 0 Å². The van der Waals surface area contributed by atoms with Gasteiger partial charge in [0.05, 0.1) is 16.7 Å². The maximum Gasteiger partial charge on any atom is 0.0561 e. The Morgan fingerprint density at radius 1 is 0.340 bits per heavy atom. The maximum absolute atomic E-state index is 2.42. The smallest absolute Gasteiger partial charge is 0.0561 e. The first-order valence-corrected chi connectivity index (χ1v) is 17.1. The molecular formula is C48H34N2. The lowest BCUT2D eigenvalue weighted by molar-refractivity contribution is 1.18. The normalized spacial score (nSPS) is 11.2. The maximum atomic E-state index is 2.42. The zero-order chi connectivity index (χ0) is 33.3. The van der Waals surface area contributed by atoms with E-state index in [1.807, 2.05) is 0 Å². The van der Waals surface area contributed by atoms with Crippen LogP contribution >= 0.6 is 0 Å². The van der Waals surface area contributed by atoms with Crippen molar-refractivity contribution in [3.05, 3.63) is 206 Å². The summed E-state index contributed by atoms with van der Waals surface area (Å²) in [5.41, 5.74) is 13.9. The molecule has 0 spiro atoms. The Hall–Kier alpha value is -6.64. The SMILES string of the molecule is c1ccc(-c2cccc(-c3c(-c4ccccc4)cccc3N(c3ccccc3)c3ccc4c5ccccc5n(-c5ccccc5)c4c3)c2)cc1. The molecule has 0 atom stereocenters. The fraction of sp³-hybridized carbons (Fsp3) is 0. The Morgan fingerprint density at radius 3 is 1.68 bits per heavy atom. The van der Waals surface area contributed by atoms with E-state index in [1.165, 1.54) is 55.2 Å². The predicted octanol–water partition coefficient (Wildman–Crippen LogP) is 13.3. The van der Waals surface area contributed by atoms with Crippen LogP contribution in [-0.4, -0.2) is 4.57 Å². The van der Waals surface area contributed by atoms with Crippen molar-refractivity contribution in [2.75, 3.05) is 4.90 Å². The van der Waals surface area contributed by atoms with Gasteiger partial charge in [-0.25, -0.2) is 0 Å². The Balaban J connectivity index is 1.33. The molecule has 0 aliphatic rings. The molecule has 9 rings (SSSR count). The summed E-state index contributed by atoms with van der Waals surface area (Å²) < 4.78 is 2.39. The molecule has 0 unspecified atom stereocenters. The van der Waals surface area contributed by atoms with Gasteiger partial charge in [0.15, 0.2) is 0 Å². The summed E-state index contributed by atoms with van der Waals surface area (Å²) in [4.78, 5) is 2.42. The molecule has 1 aromatic heterocycles. The number of aromatic nitrogens is 1. The van der Waals surface area contributed by atoms with Crippen molar-refractivity contribution in [1.82, 2.24) is 4.57 Å². The number of hydrogen-bond acceptors (Lipinski definition) is 1. The average molecular weight is 639 g/mol. The molecule has 0 aliphatic carbocycles. The van der Waals surface area contributed by atoms with Crippen molar-refractivity contribution < 1.29 is 0 Å². The van der Waals surface area contributed by atoms with E-state index in [9.17, 15) is 0 Å². The molecule has 0 amide bonds. The lowest BCUT2D eigenvalue weighted by Gasteiger charge is -2.29. The van der Waals surface area contributed by atoms with Crippen molar-refractivity contribution >= 4 is 38.9 Å².